The molecular formula is C52H84N2O14S. The Morgan fingerprint density at radius 2 is 1.59 bits per heavy atom. The third-order valence-electron chi connectivity index (χ3n) is 15.0. The van der Waals surface area contributed by atoms with Crippen LogP contribution in [0.2, 0.25) is 0 Å². The van der Waals surface area contributed by atoms with Gasteiger partial charge in [-0.3, -0.25) is 14.4 Å². The second kappa shape index (κ2) is 27.1. The van der Waals surface area contributed by atoms with Gasteiger partial charge in [0.05, 0.1) is 30.7 Å². The number of aliphatic hydroxyl groups excluding tert-OH is 3. The number of nitrogens with zero attached hydrogens (tertiary/aromatic N) is 1. The van der Waals surface area contributed by atoms with Crippen LogP contribution in [0.4, 0.5) is 0 Å². The Morgan fingerprint density at radius 1 is 0.870 bits per heavy atom. The van der Waals surface area contributed by atoms with Crippen LogP contribution in [-0.2, 0) is 48.1 Å². The van der Waals surface area contributed by atoms with Crippen LogP contribution in [0.25, 0.3) is 0 Å². The second-order valence-electron chi connectivity index (χ2n) is 20.7. The zero-order valence-corrected chi connectivity index (χ0v) is 43.4. The molecule has 1 saturated carbocycles. The first kappa shape index (κ1) is 58.4. The molecule has 3 fully saturated rings. The van der Waals surface area contributed by atoms with E-state index in [1.807, 2.05) is 45.9 Å². The highest BCUT2D eigenvalue weighted by molar-refractivity contribution is 7.89. The van der Waals surface area contributed by atoms with E-state index < -0.39 is 100 Å². The first-order chi connectivity index (χ1) is 32.5. The van der Waals surface area contributed by atoms with Crippen LogP contribution in [0.15, 0.2) is 47.6 Å². The average Bonchev–Trinajstić information content (AvgIpc) is 3.30. The largest absolute Gasteiger partial charge is 0.461 e. The van der Waals surface area contributed by atoms with Gasteiger partial charge >= 0.3 is 5.97 Å². The van der Waals surface area contributed by atoms with Crippen molar-refractivity contribution in [3.8, 4) is 0 Å². The molecule has 15 atom stereocenters. The molecule has 2 saturated heterocycles. The molecule has 0 aromatic heterocycles. The van der Waals surface area contributed by atoms with Crippen molar-refractivity contribution in [3.05, 3.63) is 47.6 Å². The zero-order valence-electron chi connectivity index (χ0n) is 42.6. The molecule has 0 radical (unpaired) electrons. The van der Waals surface area contributed by atoms with Crippen molar-refractivity contribution >= 4 is 33.5 Å². The van der Waals surface area contributed by atoms with E-state index in [1.54, 1.807) is 46.1 Å². The molecule has 1 aliphatic carbocycles. The number of nitrogens with one attached hydrogen (secondary N) is 1. The lowest BCUT2D eigenvalue weighted by molar-refractivity contribution is -0.264. The molecule has 5 N–H and O–H groups in total. The molecule has 0 unspecified atom stereocenters. The fraction of sp³-hybridized carbons (Fsp3) is 0.769. The summed E-state index contributed by atoms with van der Waals surface area (Å²) in [6, 6.07) is -1.98. The lowest BCUT2D eigenvalue weighted by Gasteiger charge is -2.43. The van der Waals surface area contributed by atoms with Gasteiger partial charge in [0, 0.05) is 38.6 Å². The van der Waals surface area contributed by atoms with E-state index in [-0.39, 0.29) is 61.4 Å². The molecule has 392 valence electrons. The molecular weight excluding hydrogens is 909 g/mol. The minimum absolute atomic E-state index is 0.00719. The van der Waals surface area contributed by atoms with Crippen molar-refractivity contribution < 1.29 is 67.0 Å². The van der Waals surface area contributed by atoms with E-state index in [1.165, 1.54) is 12.0 Å². The number of ether oxygens (including phenoxy) is 4. The normalized spacial score (nSPS) is 39.0. The first-order valence-electron chi connectivity index (χ1n) is 25.3. The number of fused-ring (bicyclic) bond motifs is 3. The third kappa shape index (κ3) is 16.4. The van der Waals surface area contributed by atoms with Crippen molar-refractivity contribution in [1.29, 1.82) is 0 Å². The molecule has 0 aromatic carbocycles. The van der Waals surface area contributed by atoms with Gasteiger partial charge in [-0.1, -0.05) is 76.6 Å². The van der Waals surface area contributed by atoms with E-state index in [4.69, 9.17) is 18.9 Å². The number of ketones is 2. The van der Waals surface area contributed by atoms with Crippen LogP contribution < -0.4 is 4.72 Å². The number of allylic oxidation sites excluding steroid dienone is 6. The van der Waals surface area contributed by atoms with Crippen molar-refractivity contribution in [2.75, 3.05) is 33.1 Å². The maximum absolute atomic E-state index is 14.4. The molecule has 4 aliphatic rings. The standard InChI is InChI=1S/C52H84N2O14S/c1-32-15-11-10-12-16-34(3)41(53-69(63,64)26-25-55)31-40-21-19-38(7)52(62,68-40)49(59)50(60)54-24-14-13-17-42(54)51(61)67-44(35(4)29-39-20-22-43(56)45(30-39)65-8)23-18-33(2)28-37(6)47(58)48(66-9)46(57)36(5)27-32/h10-12,15-16,28,32-33,35-36,38-45,47-48,53,55-56,58,62H,13-14,17-27,29-31H2,1-9H3/b12-10+,15-11+,34-16+,37-28+/t32-,33+,35-,36-,38-,39+,40+,41-,42+,43-,44+,45-,47-,48+,52-/m1/s1. The van der Waals surface area contributed by atoms with Crippen LogP contribution in [0.3, 0.4) is 0 Å². The van der Waals surface area contributed by atoms with E-state index >= 15 is 0 Å². The Morgan fingerprint density at radius 3 is 2.28 bits per heavy atom. The van der Waals surface area contributed by atoms with Gasteiger partial charge in [-0.15, -0.1) is 0 Å². The average molecular weight is 993 g/mol. The number of sulfonamides is 1. The van der Waals surface area contributed by atoms with Crippen molar-refractivity contribution in [2.45, 2.75) is 186 Å². The lowest BCUT2D eigenvalue weighted by atomic mass is 9.78. The van der Waals surface area contributed by atoms with Crippen LogP contribution >= 0.6 is 0 Å². The zero-order chi connectivity index (χ0) is 51.2. The summed E-state index contributed by atoms with van der Waals surface area (Å²) in [5.74, 6) is -7.62. The number of amides is 1. The van der Waals surface area contributed by atoms with Gasteiger partial charge in [-0.05, 0) is 127 Å². The van der Waals surface area contributed by atoms with E-state index in [2.05, 4.69) is 4.72 Å². The molecule has 4 rings (SSSR count). The molecule has 1 amide bonds. The lowest BCUT2D eigenvalue weighted by Crippen LogP contribution is -2.61. The Labute approximate surface area is 411 Å². The van der Waals surface area contributed by atoms with Gasteiger partial charge in [0.1, 0.15) is 24.4 Å². The SMILES string of the molecule is CO[C@@H]1C[C@H](C[C@@H](C)[C@@H]2CC[C@H](C)/C=C(\C)[C@@H](O)[C@@H](OC)C(=O)[C@H](C)C[C@H](C)/C=C/C=C/C=C(\C)[C@H](NS(=O)(=O)CCO)C[C@@H]3CC[C@@H](C)[C@@](O)(O3)C(=O)C(=O)N3CCCC[C@H]3C(=O)O2)CC[C@H]1O. The Hall–Kier alpha value is -3.13. The fourth-order valence-electron chi connectivity index (χ4n) is 10.6. The molecule has 3 aliphatic heterocycles. The minimum atomic E-state index is -3.98. The van der Waals surface area contributed by atoms with Crippen LogP contribution in [0, 0.1) is 35.5 Å². The molecule has 0 spiro atoms. The summed E-state index contributed by atoms with van der Waals surface area (Å²) in [7, 11) is -0.980. The molecule has 17 heteroatoms. The summed E-state index contributed by atoms with van der Waals surface area (Å²) in [5.41, 5.74) is 1.15. The quantitative estimate of drug-likeness (QED) is 0.113. The summed E-state index contributed by atoms with van der Waals surface area (Å²) in [6.07, 6.45) is 12.4. The number of cyclic esters (lactones) is 1. The summed E-state index contributed by atoms with van der Waals surface area (Å²) in [5, 5.41) is 43.5. The number of carbonyl (C=O) groups is 4. The van der Waals surface area contributed by atoms with Crippen molar-refractivity contribution in [2.24, 2.45) is 35.5 Å². The molecule has 2 bridgehead atoms. The predicted molar refractivity (Wildman–Crippen MR) is 262 cm³/mol. The van der Waals surface area contributed by atoms with Gasteiger partial charge in [0.15, 0.2) is 5.78 Å². The number of rotatable bonds is 9. The number of methoxy groups -OCH3 is 2. The second-order valence-corrected chi connectivity index (χ2v) is 22.5. The summed E-state index contributed by atoms with van der Waals surface area (Å²) in [6.45, 7) is 12.4. The Kier molecular flexibility index (Phi) is 22.9. The summed E-state index contributed by atoms with van der Waals surface area (Å²) < 4.78 is 52.4. The molecule has 69 heavy (non-hydrogen) atoms. The van der Waals surface area contributed by atoms with Gasteiger partial charge in [0.25, 0.3) is 11.7 Å². The minimum Gasteiger partial charge on any atom is -0.461 e. The Bertz CT molecular complexity index is 1950. The van der Waals surface area contributed by atoms with E-state index in [0.717, 1.165) is 6.42 Å². The van der Waals surface area contributed by atoms with Gasteiger partial charge in [-0.25, -0.2) is 17.9 Å². The molecule has 0 aromatic rings. The highest BCUT2D eigenvalue weighted by Crippen LogP contribution is 2.38. The fourth-order valence-corrected chi connectivity index (χ4v) is 11.7. The maximum atomic E-state index is 14.4. The number of piperidine rings is 1. The van der Waals surface area contributed by atoms with Crippen LogP contribution in [0.5, 0.6) is 0 Å². The number of hydrogen-bond acceptors (Lipinski definition) is 14. The molecule has 16 nitrogen and oxygen atoms in total. The number of aliphatic hydroxyl groups is 4. The summed E-state index contributed by atoms with van der Waals surface area (Å²) in [4.78, 5) is 58.1. The highest BCUT2D eigenvalue weighted by Gasteiger charge is 2.53. The van der Waals surface area contributed by atoms with Crippen LogP contribution in [-0.4, -0.2) is 145 Å². The topological polar surface area (TPSA) is 236 Å². The number of carbonyl (C=O) groups excluding carboxylic acids is 4. The molecule has 3 heterocycles. The third-order valence-corrected chi connectivity index (χ3v) is 16.3. The first-order valence-corrected chi connectivity index (χ1v) is 26.9. The van der Waals surface area contributed by atoms with Crippen LogP contribution in [0.1, 0.15) is 132 Å². The van der Waals surface area contributed by atoms with Gasteiger partial charge in [-0.2, -0.15) is 0 Å². The maximum Gasteiger partial charge on any atom is 0.329 e. The van der Waals surface area contributed by atoms with E-state index in [0.29, 0.717) is 68.9 Å². The monoisotopic (exact) mass is 993 g/mol. The number of hydrogen-bond donors (Lipinski definition) is 5. The Balaban J connectivity index is 1.72. The van der Waals surface area contributed by atoms with Crippen molar-refractivity contribution in [3.63, 3.8) is 0 Å². The van der Waals surface area contributed by atoms with E-state index in [9.17, 15) is 48.0 Å². The van der Waals surface area contributed by atoms with Gasteiger partial charge in [0.2, 0.25) is 15.8 Å². The predicted octanol–water partition coefficient (Wildman–Crippen LogP) is 5.27. The highest BCUT2D eigenvalue weighted by atomic mass is 32.2. The number of Topliss-reactive ketones (excluding diaryl/α,β-unsaturated/α-hetero) is 2. The summed E-state index contributed by atoms with van der Waals surface area (Å²) >= 11 is 0. The number of esters is 1. The van der Waals surface area contributed by atoms with Crippen molar-refractivity contribution in [1.82, 2.24) is 9.62 Å². The smallest absolute Gasteiger partial charge is 0.329 e. The van der Waals surface area contributed by atoms with Gasteiger partial charge < -0.3 is 44.3 Å².